The van der Waals surface area contributed by atoms with Gasteiger partial charge in [-0.2, -0.15) is 26.3 Å². The maximum atomic E-state index is 14.1. The Balaban J connectivity index is 1.52. The average Bonchev–Trinajstić information content (AvgIpc) is 3.39. The third kappa shape index (κ3) is 5.97. The van der Waals surface area contributed by atoms with Gasteiger partial charge in [0.15, 0.2) is 0 Å². The Kier molecular flexibility index (Phi) is 8.53. The minimum absolute atomic E-state index is 0.0911. The molecule has 224 valence electrons. The SMILES string of the molecule is CC(=O)N1CCN(C(=O)N2CC[C@H](c3ccc(C(OCc4c(F)cccc4F)(C(F)(F)F)C(F)(F)F)cc3)C2)CC1. The number of halogens is 8. The van der Waals surface area contributed by atoms with Crippen LogP contribution in [0.25, 0.3) is 0 Å². The topological polar surface area (TPSA) is 53.1 Å². The van der Waals surface area contributed by atoms with E-state index in [4.69, 9.17) is 0 Å². The Morgan fingerprint density at radius 1 is 0.805 bits per heavy atom. The number of amides is 3. The van der Waals surface area contributed by atoms with Crippen LogP contribution in [0.4, 0.5) is 39.9 Å². The first kappa shape index (κ1) is 30.5. The summed E-state index contributed by atoms with van der Waals surface area (Å²) in [5.41, 5.74) is -6.80. The van der Waals surface area contributed by atoms with E-state index in [1.54, 1.807) is 14.7 Å². The van der Waals surface area contributed by atoms with Crippen molar-refractivity contribution in [2.75, 3.05) is 39.3 Å². The third-order valence-corrected chi connectivity index (χ3v) is 7.54. The summed E-state index contributed by atoms with van der Waals surface area (Å²) in [6.45, 7) is 1.85. The highest BCUT2D eigenvalue weighted by Crippen LogP contribution is 2.53. The molecule has 41 heavy (non-hydrogen) atoms. The zero-order valence-corrected chi connectivity index (χ0v) is 21.9. The molecule has 0 unspecified atom stereocenters. The van der Waals surface area contributed by atoms with Crippen molar-refractivity contribution in [2.24, 2.45) is 0 Å². The molecule has 3 amide bonds. The Bertz CT molecular complexity index is 1220. The van der Waals surface area contributed by atoms with Crippen LogP contribution in [0.3, 0.4) is 0 Å². The van der Waals surface area contributed by atoms with Crippen molar-refractivity contribution in [1.29, 1.82) is 0 Å². The predicted octanol–water partition coefficient (Wildman–Crippen LogP) is 5.57. The van der Waals surface area contributed by atoms with E-state index in [2.05, 4.69) is 4.74 Å². The van der Waals surface area contributed by atoms with Gasteiger partial charge in [-0.25, -0.2) is 13.6 Å². The van der Waals surface area contributed by atoms with E-state index in [0.29, 0.717) is 69.0 Å². The normalized spacial score (nSPS) is 18.7. The molecule has 6 nitrogen and oxygen atoms in total. The van der Waals surface area contributed by atoms with E-state index in [-0.39, 0.29) is 24.4 Å². The van der Waals surface area contributed by atoms with Crippen molar-refractivity contribution >= 4 is 11.9 Å². The highest BCUT2D eigenvalue weighted by Gasteiger charge is 2.73. The van der Waals surface area contributed by atoms with Crippen molar-refractivity contribution in [1.82, 2.24) is 14.7 Å². The average molecular weight is 594 g/mol. The highest BCUT2D eigenvalue weighted by atomic mass is 19.4. The van der Waals surface area contributed by atoms with Crippen LogP contribution in [-0.2, 0) is 21.7 Å². The number of piperazine rings is 1. The molecule has 0 spiro atoms. The van der Waals surface area contributed by atoms with E-state index in [9.17, 15) is 44.7 Å². The lowest BCUT2D eigenvalue weighted by molar-refractivity contribution is -0.392. The largest absolute Gasteiger partial charge is 0.430 e. The first-order chi connectivity index (χ1) is 19.2. The molecule has 0 bridgehead atoms. The van der Waals surface area contributed by atoms with Crippen LogP contribution in [0.1, 0.15) is 36.0 Å². The Labute approximate surface area is 230 Å². The molecule has 2 aromatic carbocycles. The summed E-state index contributed by atoms with van der Waals surface area (Å²) in [5.74, 6) is -3.13. The van der Waals surface area contributed by atoms with Crippen LogP contribution in [-0.4, -0.2) is 78.3 Å². The summed E-state index contributed by atoms with van der Waals surface area (Å²) in [5, 5.41) is 0. The van der Waals surface area contributed by atoms with Gasteiger partial charge in [-0.1, -0.05) is 30.3 Å². The van der Waals surface area contributed by atoms with Crippen molar-refractivity contribution < 1.29 is 49.4 Å². The zero-order chi connectivity index (χ0) is 30.2. The van der Waals surface area contributed by atoms with Crippen LogP contribution in [0, 0.1) is 11.6 Å². The Morgan fingerprint density at radius 3 is 1.85 bits per heavy atom. The molecule has 2 aliphatic heterocycles. The lowest BCUT2D eigenvalue weighted by atomic mass is 9.89. The zero-order valence-electron chi connectivity index (χ0n) is 21.9. The molecule has 2 aromatic rings. The second-order valence-electron chi connectivity index (χ2n) is 9.99. The lowest BCUT2D eigenvalue weighted by Gasteiger charge is -2.37. The summed E-state index contributed by atoms with van der Waals surface area (Å²) in [4.78, 5) is 29.2. The van der Waals surface area contributed by atoms with Gasteiger partial charge in [0.25, 0.3) is 5.60 Å². The molecule has 2 saturated heterocycles. The quantitative estimate of drug-likeness (QED) is 0.426. The van der Waals surface area contributed by atoms with Gasteiger partial charge >= 0.3 is 18.4 Å². The molecule has 1 atom stereocenters. The first-order valence-electron chi connectivity index (χ1n) is 12.8. The second kappa shape index (κ2) is 11.5. The van der Waals surface area contributed by atoms with Crippen molar-refractivity contribution in [3.63, 3.8) is 0 Å². The number of hydrogen-bond donors (Lipinski definition) is 0. The van der Waals surface area contributed by atoms with Crippen LogP contribution in [0.5, 0.6) is 0 Å². The molecule has 0 aliphatic carbocycles. The molecule has 2 fully saturated rings. The van der Waals surface area contributed by atoms with Gasteiger partial charge in [-0.05, 0) is 24.1 Å². The van der Waals surface area contributed by atoms with Gasteiger partial charge in [0.05, 0.1) is 6.61 Å². The van der Waals surface area contributed by atoms with E-state index < -0.39 is 47.3 Å². The summed E-state index contributed by atoms with van der Waals surface area (Å²) in [6, 6.07) is 5.55. The monoisotopic (exact) mass is 593 g/mol. The maximum Gasteiger partial charge on any atom is 0.430 e. The molecule has 2 heterocycles. The minimum atomic E-state index is -6.03. The van der Waals surface area contributed by atoms with E-state index >= 15 is 0 Å². The number of carbonyl (C=O) groups is 2. The fraction of sp³-hybridized carbons (Fsp3) is 0.481. The molecule has 0 N–H and O–H groups in total. The molecule has 0 radical (unpaired) electrons. The number of carbonyl (C=O) groups excluding carboxylic acids is 2. The minimum Gasteiger partial charge on any atom is -0.349 e. The summed E-state index contributed by atoms with van der Waals surface area (Å²) in [6.07, 6.45) is -11.6. The second-order valence-corrected chi connectivity index (χ2v) is 9.99. The number of nitrogens with zero attached hydrogens (tertiary/aromatic N) is 3. The number of rotatable bonds is 5. The number of ether oxygens (including phenoxy) is 1. The number of alkyl halides is 6. The standard InChI is InChI=1S/C27H27F8N3O3/c1-17(39)36-11-13-37(14-12-36)24(40)38-10-9-19(15-38)18-5-7-20(8-6-18)25(26(30,31)32,27(33,34)35)41-16-21-22(28)3-2-4-23(21)29/h2-8,19H,9-16H2,1H3/t19-/m0/s1. The summed E-state index contributed by atoms with van der Waals surface area (Å²) in [7, 11) is 0. The fourth-order valence-corrected chi connectivity index (χ4v) is 5.19. The van der Waals surface area contributed by atoms with Crippen LogP contribution >= 0.6 is 0 Å². The fourth-order valence-electron chi connectivity index (χ4n) is 5.19. The molecule has 0 aromatic heterocycles. The number of benzene rings is 2. The molecule has 4 rings (SSSR count). The number of urea groups is 1. The van der Waals surface area contributed by atoms with Crippen LogP contribution < -0.4 is 0 Å². The van der Waals surface area contributed by atoms with Gasteiger partial charge in [0, 0.05) is 63.2 Å². The number of hydrogen-bond acceptors (Lipinski definition) is 3. The van der Waals surface area contributed by atoms with Gasteiger partial charge in [0.1, 0.15) is 11.6 Å². The maximum absolute atomic E-state index is 14.1. The highest BCUT2D eigenvalue weighted by molar-refractivity contribution is 5.76. The molecule has 0 saturated carbocycles. The van der Waals surface area contributed by atoms with Gasteiger partial charge < -0.3 is 19.4 Å². The Morgan fingerprint density at radius 2 is 1.34 bits per heavy atom. The van der Waals surface area contributed by atoms with Crippen molar-refractivity contribution in [3.8, 4) is 0 Å². The Hall–Kier alpha value is -3.42. The van der Waals surface area contributed by atoms with Crippen molar-refractivity contribution in [3.05, 3.63) is 70.8 Å². The summed E-state index contributed by atoms with van der Waals surface area (Å²) < 4.78 is 117. The molecular formula is C27H27F8N3O3. The van der Waals surface area contributed by atoms with Crippen molar-refractivity contribution in [2.45, 2.75) is 43.8 Å². The molecule has 2 aliphatic rings. The lowest BCUT2D eigenvalue weighted by Crippen LogP contribution is -2.55. The first-order valence-corrected chi connectivity index (χ1v) is 12.8. The van der Waals surface area contributed by atoms with Gasteiger partial charge in [-0.3, -0.25) is 4.79 Å². The van der Waals surface area contributed by atoms with E-state index in [0.717, 1.165) is 18.2 Å². The predicted molar refractivity (Wildman–Crippen MR) is 130 cm³/mol. The van der Waals surface area contributed by atoms with E-state index in [1.807, 2.05) is 0 Å². The van der Waals surface area contributed by atoms with Crippen LogP contribution in [0.15, 0.2) is 42.5 Å². The molecule has 14 heteroatoms. The summed E-state index contributed by atoms with van der Waals surface area (Å²) >= 11 is 0. The smallest absolute Gasteiger partial charge is 0.349 e. The van der Waals surface area contributed by atoms with Gasteiger partial charge in [-0.15, -0.1) is 0 Å². The van der Waals surface area contributed by atoms with Gasteiger partial charge in [0.2, 0.25) is 5.91 Å². The van der Waals surface area contributed by atoms with E-state index in [1.165, 1.54) is 6.92 Å². The third-order valence-electron chi connectivity index (χ3n) is 7.54. The van der Waals surface area contributed by atoms with Crippen LogP contribution in [0.2, 0.25) is 0 Å². The molecular weight excluding hydrogens is 566 g/mol. The number of likely N-dealkylation sites (tertiary alicyclic amines) is 1.